The molecule has 0 bridgehead atoms. The molecule has 0 radical (unpaired) electrons. The van der Waals surface area contributed by atoms with Crippen LogP contribution in [0.2, 0.25) is 0 Å². The molecule has 0 amide bonds. The third-order valence-electron chi connectivity index (χ3n) is 6.97. The summed E-state index contributed by atoms with van der Waals surface area (Å²) in [6.45, 7) is 9.58. The Morgan fingerprint density at radius 2 is 1.76 bits per heavy atom. The monoisotopic (exact) mass is 654 g/mol. The predicted molar refractivity (Wildman–Crippen MR) is 171 cm³/mol. The first-order chi connectivity index (χ1) is 21.5. The van der Waals surface area contributed by atoms with Crippen molar-refractivity contribution >= 4 is 12.2 Å². The van der Waals surface area contributed by atoms with E-state index in [1.165, 1.54) is 11.7 Å². The molecule has 46 heavy (non-hydrogen) atoms. The van der Waals surface area contributed by atoms with Crippen molar-refractivity contribution in [3.63, 3.8) is 0 Å². The molecule has 0 N–H and O–H groups in total. The first-order valence-electron chi connectivity index (χ1n) is 14.6. The summed E-state index contributed by atoms with van der Waals surface area (Å²) in [7, 11) is 1.37. The van der Waals surface area contributed by atoms with Crippen LogP contribution in [0.25, 0.3) is 22.3 Å². The molecule has 0 atom stereocenters. The van der Waals surface area contributed by atoms with Crippen molar-refractivity contribution in [3.05, 3.63) is 105 Å². The Bertz CT molecular complexity index is 1760. The predicted octanol–water partition coefficient (Wildman–Crippen LogP) is 3.70. The van der Waals surface area contributed by atoms with E-state index in [1.54, 1.807) is 37.3 Å². The van der Waals surface area contributed by atoms with Gasteiger partial charge in [-0.1, -0.05) is 66.7 Å². The molecule has 0 saturated carbocycles. The fraction of sp³-hybridized carbons (Fsp3) is 0.314. The van der Waals surface area contributed by atoms with Crippen LogP contribution in [0.5, 0.6) is 5.75 Å². The molecule has 0 aliphatic heterocycles. The molecule has 0 unspecified atom stereocenters. The van der Waals surface area contributed by atoms with Gasteiger partial charge in [0.15, 0.2) is 5.84 Å². The molecule has 0 saturated heterocycles. The molecule has 0 aliphatic rings. The van der Waals surface area contributed by atoms with E-state index in [1.807, 2.05) is 64.1 Å². The molecule has 0 fully saturated rings. The largest absolute Gasteiger partial charge is 1.00 e. The van der Waals surface area contributed by atoms with Crippen LogP contribution in [-0.4, -0.2) is 34.5 Å². The molecule has 8 nitrogen and oxygen atoms in total. The van der Waals surface area contributed by atoms with Gasteiger partial charge in [-0.05, 0) is 80.5 Å². The minimum atomic E-state index is -2.93. The maximum atomic E-state index is 14.4. The third kappa shape index (κ3) is 8.98. The number of alkyl halides is 2. The van der Waals surface area contributed by atoms with Crippen molar-refractivity contribution in [2.24, 2.45) is 10.1 Å². The zero-order chi connectivity index (χ0) is 32.7. The van der Waals surface area contributed by atoms with Gasteiger partial charge in [-0.15, -0.1) is 0 Å². The van der Waals surface area contributed by atoms with Crippen molar-refractivity contribution in [1.29, 1.82) is 0 Å². The van der Waals surface area contributed by atoms with Crippen molar-refractivity contribution in [3.8, 4) is 28.0 Å². The fourth-order valence-electron chi connectivity index (χ4n) is 5.12. The van der Waals surface area contributed by atoms with Crippen molar-refractivity contribution in [1.82, 2.24) is 9.55 Å². The number of rotatable bonds is 10. The summed E-state index contributed by atoms with van der Waals surface area (Å²) >= 11 is 0. The zero-order valence-corrected chi connectivity index (χ0v) is 30.4. The summed E-state index contributed by atoms with van der Waals surface area (Å²) in [5.74, 6) is 1.02. The molecule has 11 heteroatoms. The number of hydrogen-bond acceptors (Lipinski definition) is 6. The number of ether oxygens (including phenoxy) is 1. The number of aromatic nitrogens is 2. The van der Waals surface area contributed by atoms with Crippen molar-refractivity contribution in [2.45, 2.75) is 66.0 Å². The standard InChI is InChI=1S/C35H38F2N4O4.K/c1-7-10-29-39-31(32(36)37)30(26-18-17-25(19-22(26)2)45-35(3,4)5)34(43)41(29)20-23-13-15-24(16-14-23)27-11-8-9-12-28(27)33(38-21-42)40-44-6;/h8-9,11-19,21,32H,7,10,20H2,1-6H3,(H,38,40,42);/q;+1/p-1. The van der Waals surface area contributed by atoms with Crippen LogP contribution in [0, 0.1) is 6.92 Å². The second-order valence-corrected chi connectivity index (χ2v) is 11.5. The molecule has 1 aromatic heterocycles. The Morgan fingerprint density at radius 1 is 1.07 bits per heavy atom. The van der Waals surface area contributed by atoms with Crippen molar-refractivity contribution < 1.29 is 74.8 Å². The van der Waals surface area contributed by atoms with E-state index in [2.05, 4.69) is 15.1 Å². The number of aryl methyl sites for hydroxylation is 2. The van der Waals surface area contributed by atoms with Gasteiger partial charge in [-0.25, -0.2) is 18.8 Å². The van der Waals surface area contributed by atoms with E-state index >= 15 is 0 Å². The Balaban J connectivity index is 0.00000576. The van der Waals surface area contributed by atoms with Gasteiger partial charge in [0.2, 0.25) is 0 Å². The zero-order valence-electron chi connectivity index (χ0n) is 27.3. The third-order valence-corrected chi connectivity index (χ3v) is 6.97. The fourth-order valence-corrected chi connectivity index (χ4v) is 5.12. The van der Waals surface area contributed by atoms with E-state index in [0.717, 1.165) is 16.7 Å². The molecule has 1 heterocycles. The number of nitrogens with zero attached hydrogens (tertiary/aromatic N) is 4. The smallest absolute Gasteiger partial charge is 0.864 e. The number of amidine groups is 1. The molecule has 236 valence electrons. The Labute approximate surface area is 310 Å². The van der Waals surface area contributed by atoms with E-state index < -0.39 is 23.3 Å². The van der Waals surface area contributed by atoms with Gasteiger partial charge in [0.1, 0.15) is 30.0 Å². The van der Waals surface area contributed by atoms with Gasteiger partial charge in [0, 0.05) is 12.0 Å². The van der Waals surface area contributed by atoms with Gasteiger partial charge < -0.3 is 14.7 Å². The Hall–Kier alpha value is -3.22. The average Bonchev–Trinajstić information content (AvgIpc) is 2.99. The van der Waals surface area contributed by atoms with Gasteiger partial charge in [-0.3, -0.25) is 9.36 Å². The molecular weight excluding hydrogens is 618 g/mol. The Kier molecular flexibility index (Phi) is 13.4. The second-order valence-electron chi connectivity index (χ2n) is 11.5. The van der Waals surface area contributed by atoms with Gasteiger partial charge >= 0.3 is 51.4 Å². The van der Waals surface area contributed by atoms with Crippen LogP contribution in [0.1, 0.15) is 68.7 Å². The number of aliphatic imine (C=N–C) groups is 1. The van der Waals surface area contributed by atoms with E-state index in [9.17, 15) is 18.7 Å². The molecule has 0 aliphatic carbocycles. The first-order valence-corrected chi connectivity index (χ1v) is 14.6. The van der Waals surface area contributed by atoms with Crippen LogP contribution in [-0.2, 0) is 17.8 Å². The van der Waals surface area contributed by atoms with E-state index in [0.29, 0.717) is 47.5 Å². The molecular formula is C35H37F2KN4O4. The first kappa shape index (κ1) is 37.2. The molecule has 4 aromatic rings. The minimum absolute atomic E-state index is 0. The van der Waals surface area contributed by atoms with E-state index in [4.69, 9.17) is 9.57 Å². The minimum Gasteiger partial charge on any atom is -0.864 e. The normalized spacial score (nSPS) is 12.0. The summed E-state index contributed by atoms with van der Waals surface area (Å²) in [6.07, 6.45) is -1.54. The summed E-state index contributed by atoms with van der Waals surface area (Å²) in [4.78, 5) is 27.1. The molecule has 3 aromatic carbocycles. The number of oxime groups is 1. The van der Waals surface area contributed by atoms with Gasteiger partial charge in [-0.2, -0.15) is 0 Å². The summed E-state index contributed by atoms with van der Waals surface area (Å²) < 4.78 is 36.3. The van der Waals surface area contributed by atoms with Gasteiger partial charge in [0.25, 0.3) is 12.0 Å². The van der Waals surface area contributed by atoms with Crippen LogP contribution < -0.4 is 66.8 Å². The maximum Gasteiger partial charge on any atom is 1.00 e. The van der Waals surface area contributed by atoms with E-state index in [-0.39, 0.29) is 69.3 Å². The maximum absolute atomic E-state index is 14.4. The number of halogens is 2. The van der Waals surface area contributed by atoms with Crippen LogP contribution in [0.3, 0.4) is 0 Å². The summed E-state index contributed by atoms with van der Waals surface area (Å²) in [5, 5.41) is 15.0. The molecule has 0 spiro atoms. The Morgan fingerprint density at radius 3 is 2.35 bits per heavy atom. The topological polar surface area (TPSA) is 101 Å². The SMILES string of the molecule is CCCc1nc(C(F)F)c(-c2ccc(OC(C)(C)C)cc2C)c(=O)n1Cc1ccc(-c2ccccc2/C(N=C[O-])=N/OC)cc1.[K+]. The van der Waals surface area contributed by atoms with Crippen LogP contribution >= 0.6 is 0 Å². The summed E-state index contributed by atoms with van der Waals surface area (Å²) in [6, 6.07) is 19.9. The van der Waals surface area contributed by atoms with Crippen LogP contribution in [0.4, 0.5) is 8.78 Å². The number of hydrogen-bond donors (Lipinski definition) is 0. The van der Waals surface area contributed by atoms with Crippen LogP contribution in [0.15, 0.2) is 81.7 Å². The van der Waals surface area contributed by atoms with Crippen molar-refractivity contribution in [2.75, 3.05) is 7.11 Å². The van der Waals surface area contributed by atoms with Gasteiger partial charge in [0.05, 0.1) is 12.1 Å². The summed E-state index contributed by atoms with van der Waals surface area (Å²) in [5.41, 5.74) is 2.40. The molecule has 4 rings (SSSR count). The average molecular weight is 655 g/mol. The second kappa shape index (κ2) is 16.6. The quantitative estimate of drug-likeness (QED) is 0.112. The number of benzene rings is 3.